The molecule has 1 rings (SSSR count). The summed E-state index contributed by atoms with van der Waals surface area (Å²) in [4.78, 5) is 16.6. The van der Waals surface area contributed by atoms with Crippen LogP contribution in [-0.4, -0.2) is 18.3 Å². The van der Waals surface area contributed by atoms with Crippen molar-refractivity contribution in [3.63, 3.8) is 0 Å². The Hall–Kier alpha value is -2.17. The molecule has 0 aliphatic rings. The van der Waals surface area contributed by atoms with Crippen molar-refractivity contribution in [2.75, 3.05) is 0 Å². The van der Waals surface area contributed by atoms with Crippen molar-refractivity contribution in [1.82, 2.24) is 0 Å². The van der Waals surface area contributed by atoms with Crippen LogP contribution in [0.4, 0.5) is 20.2 Å². The summed E-state index contributed by atoms with van der Waals surface area (Å²) in [5, 5.41) is 20.8. The van der Waals surface area contributed by atoms with E-state index in [0.717, 1.165) is 0 Å². The zero-order chi connectivity index (χ0) is 13.3. The molecule has 0 spiro atoms. The zero-order valence-electron chi connectivity index (χ0n) is 7.62. The highest BCUT2D eigenvalue weighted by molar-refractivity contribution is 7.72. The van der Waals surface area contributed by atoms with E-state index in [1.807, 2.05) is 0 Å². The minimum atomic E-state index is -3.67. The zero-order valence-corrected chi connectivity index (χ0v) is 8.52. The van der Waals surface area contributed by atoms with Gasteiger partial charge in [0, 0.05) is 6.07 Å². The van der Waals surface area contributed by atoms with Crippen LogP contribution in [0.2, 0.25) is 0 Å². The van der Waals surface area contributed by atoms with E-state index in [0.29, 0.717) is 0 Å². The maximum absolute atomic E-state index is 13.0. The standard InChI is InChI=1S/C6H2F2N2O6S/c7-2-1-3(17(15)16)5(9(11)12)6(4(2)8)10(13)14/h1,17H. The first-order chi connectivity index (χ1) is 7.77. The summed E-state index contributed by atoms with van der Waals surface area (Å²) in [6.07, 6.45) is 0. The third kappa shape index (κ3) is 2.18. The predicted octanol–water partition coefficient (Wildman–Crippen LogP) is 0.752. The maximum Gasteiger partial charge on any atom is 0.385 e. The Morgan fingerprint density at radius 1 is 1.06 bits per heavy atom. The summed E-state index contributed by atoms with van der Waals surface area (Å²) in [5.74, 6) is -3.93. The van der Waals surface area contributed by atoms with Gasteiger partial charge in [0.25, 0.3) is 0 Å². The molecule has 1 aromatic rings. The van der Waals surface area contributed by atoms with E-state index >= 15 is 0 Å². The summed E-state index contributed by atoms with van der Waals surface area (Å²) in [7, 11) is -3.67. The van der Waals surface area contributed by atoms with E-state index in [4.69, 9.17) is 0 Å². The van der Waals surface area contributed by atoms with E-state index in [2.05, 4.69) is 0 Å². The molecule has 0 saturated carbocycles. The lowest BCUT2D eigenvalue weighted by atomic mass is 10.2. The second-order valence-corrected chi connectivity index (χ2v) is 3.66. The third-order valence-electron chi connectivity index (χ3n) is 1.71. The summed E-state index contributed by atoms with van der Waals surface area (Å²) in [5.41, 5.74) is -3.41. The van der Waals surface area contributed by atoms with Crippen molar-refractivity contribution in [3.8, 4) is 0 Å². The van der Waals surface area contributed by atoms with E-state index in [9.17, 15) is 37.4 Å². The van der Waals surface area contributed by atoms with Gasteiger partial charge in [0.2, 0.25) is 5.82 Å². The summed E-state index contributed by atoms with van der Waals surface area (Å²) < 4.78 is 47.0. The SMILES string of the molecule is O=[N+]([O-])c1c([SH](=O)=O)cc(F)c(F)c1[N+](=O)[O-]. The summed E-state index contributed by atoms with van der Waals surface area (Å²) >= 11 is 0. The molecule has 0 bridgehead atoms. The Morgan fingerprint density at radius 3 is 1.88 bits per heavy atom. The van der Waals surface area contributed by atoms with Crippen molar-refractivity contribution in [3.05, 3.63) is 37.9 Å². The van der Waals surface area contributed by atoms with E-state index < -0.39 is 48.5 Å². The van der Waals surface area contributed by atoms with Gasteiger partial charge in [-0.15, -0.1) is 0 Å². The highest BCUT2D eigenvalue weighted by Gasteiger charge is 2.37. The Labute approximate surface area is 92.7 Å². The van der Waals surface area contributed by atoms with Crippen molar-refractivity contribution < 1.29 is 27.0 Å². The van der Waals surface area contributed by atoms with E-state index in [1.54, 1.807) is 0 Å². The smallest absolute Gasteiger partial charge is 0.258 e. The molecule has 0 aliphatic carbocycles. The first-order valence-electron chi connectivity index (χ1n) is 3.72. The monoisotopic (exact) mass is 268 g/mol. The van der Waals surface area contributed by atoms with Crippen LogP contribution < -0.4 is 0 Å². The minimum absolute atomic E-state index is 0.0200. The van der Waals surface area contributed by atoms with Crippen molar-refractivity contribution >= 4 is 22.1 Å². The first kappa shape index (κ1) is 12.9. The molecule has 0 fully saturated rings. The molecular formula is C6H2F2N2O6S. The van der Waals surface area contributed by atoms with Crippen LogP contribution in [0.25, 0.3) is 0 Å². The first-order valence-corrected chi connectivity index (χ1v) is 4.90. The molecule has 0 unspecified atom stereocenters. The van der Waals surface area contributed by atoms with Gasteiger partial charge in [-0.05, 0) is 0 Å². The Kier molecular flexibility index (Phi) is 3.31. The van der Waals surface area contributed by atoms with Crippen molar-refractivity contribution in [2.45, 2.75) is 4.90 Å². The molecule has 0 aliphatic heterocycles. The lowest BCUT2D eigenvalue weighted by Crippen LogP contribution is -2.05. The van der Waals surface area contributed by atoms with Gasteiger partial charge < -0.3 is 0 Å². The molecule has 0 aromatic heterocycles. The third-order valence-corrected chi connectivity index (χ3v) is 2.44. The largest absolute Gasteiger partial charge is 0.385 e. The van der Waals surface area contributed by atoms with Crippen LogP contribution >= 0.6 is 0 Å². The van der Waals surface area contributed by atoms with Crippen LogP contribution in [-0.2, 0) is 10.7 Å². The number of thiol groups is 1. The van der Waals surface area contributed by atoms with Gasteiger partial charge in [0.15, 0.2) is 21.4 Å². The molecule has 92 valence electrons. The number of halogens is 2. The van der Waals surface area contributed by atoms with E-state index in [-0.39, 0.29) is 6.07 Å². The van der Waals surface area contributed by atoms with E-state index in [1.165, 1.54) is 0 Å². The number of hydrogen-bond donors (Lipinski definition) is 1. The van der Waals surface area contributed by atoms with Crippen LogP contribution in [0.15, 0.2) is 11.0 Å². The van der Waals surface area contributed by atoms with Gasteiger partial charge in [-0.25, -0.2) is 12.8 Å². The predicted molar refractivity (Wildman–Crippen MR) is 48.2 cm³/mol. The maximum atomic E-state index is 13.0. The Bertz CT molecular complexity index is 591. The van der Waals surface area contributed by atoms with Crippen molar-refractivity contribution in [2.24, 2.45) is 0 Å². The van der Waals surface area contributed by atoms with Gasteiger partial charge in [-0.2, -0.15) is 4.39 Å². The molecule has 8 nitrogen and oxygen atoms in total. The number of nitro benzene ring substituents is 2. The fourth-order valence-electron chi connectivity index (χ4n) is 1.08. The average Bonchev–Trinajstić information content (AvgIpc) is 2.19. The highest BCUT2D eigenvalue weighted by atomic mass is 32.2. The molecule has 11 heteroatoms. The van der Waals surface area contributed by atoms with Gasteiger partial charge in [-0.1, -0.05) is 0 Å². The number of hydrogen-bond acceptors (Lipinski definition) is 6. The molecule has 1 aromatic carbocycles. The Morgan fingerprint density at radius 2 is 1.53 bits per heavy atom. The molecule has 0 atom stereocenters. The Balaban J connectivity index is 3.90. The van der Waals surface area contributed by atoms with Gasteiger partial charge in [-0.3, -0.25) is 20.2 Å². The molecular weight excluding hydrogens is 266 g/mol. The molecule has 0 radical (unpaired) electrons. The molecule has 17 heavy (non-hydrogen) atoms. The molecule has 0 saturated heterocycles. The summed E-state index contributed by atoms with van der Waals surface area (Å²) in [6.45, 7) is 0. The number of benzene rings is 1. The van der Waals surface area contributed by atoms with Gasteiger partial charge >= 0.3 is 11.4 Å². The lowest BCUT2D eigenvalue weighted by molar-refractivity contribution is -0.426. The average molecular weight is 268 g/mol. The second kappa shape index (κ2) is 4.37. The van der Waals surface area contributed by atoms with Crippen LogP contribution in [0.1, 0.15) is 0 Å². The van der Waals surface area contributed by atoms with Crippen LogP contribution in [0.5, 0.6) is 0 Å². The molecule has 0 amide bonds. The summed E-state index contributed by atoms with van der Waals surface area (Å²) in [6, 6.07) is 0.0200. The van der Waals surface area contributed by atoms with Crippen LogP contribution in [0.3, 0.4) is 0 Å². The number of rotatable bonds is 3. The van der Waals surface area contributed by atoms with Gasteiger partial charge in [0.05, 0.1) is 9.85 Å². The fraction of sp³-hybridized carbons (Fsp3) is 0. The van der Waals surface area contributed by atoms with Crippen molar-refractivity contribution in [1.29, 1.82) is 0 Å². The fourth-order valence-corrected chi connectivity index (χ4v) is 1.66. The highest BCUT2D eigenvalue weighted by Crippen LogP contribution is 2.35. The minimum Gasteiger partial charge on any atom is -0.258 e. The number of nitrogens with zero attached hydrogens (tertiary/aromatic N) is 2. The quantitative estimate of drug-likeness (QED) is 0.490. The van der Waals surface area contributed by atoms with Crippen LogP contribution in [0, 0.1) is 31.9 Å². The normalized spacial score (nSPS) is 10.5. The topological polar surface area (TPSA) is 120 Å². The number of nitro groups is 2. The molecule has 0 N–H and O–H groups in total. The molecule has 0 heterocycles. The van der Waals surface area contributed by atoms with Gasteiger partial charge in [0.1, 0.15) is 0 Å². The second-order valence-electron chi connectivity index (χ2n) is 2.66. The lowest BCUT2D eigenvalue weighted by Gasteiger charge is -1.99.